The molecule has 0 bridgehead atoms. The maximum Gasteiger partial charge on any atom is 0.244 e. The van der Waals surface area contributed by atoms with Crippen LogP contribution in [0.5, 0.6) is 11.6 Å². The molecular weight excluding hydrogens is 473 g/mol. The Morgan fingerprint density at radius 1 is 1.06 bits per heavy atom. The van der Waals surface area contributed by atoms with Gasteiger partial charge in [-0.05, 0) is 60.7 Å². The summed E-state index contributed by atoms with van der Waals surface area (Å²) in [6, 6.07) is 16.2. The lowest BCUT2D eigenvalue weighted by molar-refractivity contribution is 0.367. The molecule has 3 heterocycles. The first-order valence-corrected chi connectivity index (χ1v) is 13.6. The van der Waals surface area contributed by atoms with Gasteiger partial charge >= 0.3 is 0 Å². The van der Waals surface area contributed by atoms with Crippen LogP contribution in [0.15, 0.2) is 60.0 Å². The van der Waals surface area contributed by atoms with Crippen LogP contribution in [-0.2, 0) is 11.8 Å². The minimum Gasteiger partial charge on any atom is -0.497 e. The van der Waals surface area contributed by atoms with E-state index in [1.54, 1.807) is 7.11 Å². The molecule has 0 spiro atoms. The number of H-pyrrole nitrogens is 1. The Bertz CT molecular complexity index is 1320. The number of benzene rings is 2. The van der Waals surface area contributed by atoms with Crippen molar-refractivity contribution in [2.24, 2.45) is 0 Å². The van der Waals surface area contributed by atoms with E-state index in [-0.39, 0.29) is 5.92 Å². The molecule has 1 aromatic heterocycles. The zero-order valence-electron chi connectivity index (χ0n) is 18.7. The zero-order chi connectivity index (χ0) is 23.3. The SMILES string of the molecule is COc1ccc(P2(=S)NC(=S)C3=C(N2)Oc2n[nH]c(C)c2C3c2ccc(N(C)C)cc2)cc1. The average Bonchev–Trinajstić information content (AvgIpc) is 3.18. The number of aromatic amines is 1. The van der Waals surface area contributed by atoms with Crippen molar-refractivity contribution in [3.63, 3.8) is 0 Å². The Kier molecular flexibility index (Phi) is 5.43. The molecule has 2 atom stereocenters. The molecule has 2 aliphatic heterocycles. The fourth-order valence-electron chi connectivity index (χ4n) is 4.17. The molecule has 10 heteroatoms. The molecule has 2 aliphatic rings. The molecule has 33 heavy (non-hydrogen) atoms. The summed E-state index contributed by atoms with van der Waals surface area (Å²) in [5.74, 6) is 1.75. The summed E-state index contributed by atoms with van der Waals surface area (Å²) in [5.41, 5.74) is 5.03. The van der Waals surface area contributed by atoms with E-state index < -0.39 is 6.34 Å². The van der Waals surface area contributed by atoms with Gasteiger partial charge in [0, 0.05) is 42.3 Å². The van der Waals surface area contributed by atoms with Crippen molar-refractivity contribution in [2.75, 3.05) is 26.1 Å². The van der Waals surface area contributed by atoms with Crippen LogP contribution in [0.2, 0.25) is 0 Å². The number of ether oxygens (including phenoxy) is 2. The van der Waals surface area contributed by atoms with Crippen molar-refractivity contribution >= 4 is 46.3 Å². The summed E-state index contributed by atoms with van der Waals surface area (Å²) in [5, 5.41) is 15.3. The third-order valence-electron chi connectivity index (χ3n) is 5.92. The third-order valence-corrected chi connectivity index (χ3v) is 9.66. The van der Waals surface area contributed by atoms with Gasteiger partial charge in [-0.1, -0.05) is 24.4 Å². The number of nitrogens with one attached hydrogen (secondary N) is 3. The van der Waals surface area contributed by atoms with Gasteiger partial charge in [0.2, 0.25) is 11.8 Å². The molecule has 3 aromatic rings. The minimum atomic E-state index is -2.48. The first kappa shape index (κ1) is 21.9. The molecule has 2 aromatic carbocycles. The normalized spacial score (nSPS) is 21.3. The summed E-state index contributed by atoms with van der Waals surface area (Å²) in [4.78, 5) is 2.67. The highest BCUT2D eigenvalue weighted by atomic mass is 32.4. The highest BCUT2D eigenvalue weighted by Gasteiger charge is 2.42. The number of aromatic nitrogens is 2. The van der Waals surface area contributed by atoms with E-state index in [2.05, 4.69) is 49.5 Å². The Labute approximate surface area is 203 Å². The molecule has 0 amide bonds. The van der Waals surface area contributed by atoms with Crippen molar-refractivity contribution in [1.29, 1.82) is 0 Å². The zero-order valence-corrected chi connectivity index (χ0v) is 21.2. The third kappa shape index (κ3) is 3.70. The molecular formula is C23H24N5O2PS2. The molecule has 0 saturated carbocycles. The van der Waals surface area contributed by atoms with E-state index in [1.165, 1.54) is 0 Å². The van der Waals surface area contributed by atoms with E-state index in [1.807, 2.05) is 45.3 Å². The number of rotatable bonds is 4. The number of methoxy groups -OCH3 is 1. The van der Waals surface area contributed by atoms with Crippen LogP contribution in [0.1, 0.15) is 22.7 Å². The van der Waals surface area contributed by atoms with Gasteiger partial charge in [-0.2, -0.15) is 0 Å². The lowest BCUT2D eigenvalue weighted by Crippen LogP contribution is -2.43. The Morgan fingerprint density at radius 3 is 2.39 bits per heavy atom. The number of anilines is 1. The van der Waals surface area contributed by atoms with Crippen LogP contribution in [0.25, 0.3) is 0 Å². The summed E-state index contributed by atoms with van der Waals surface area (Å²) in [6.07, 6.45) is -2.48. The number of hydrogen-bond acceptors (Lipinski definition) is 6. The van der Waals surface area contributed by atoms with Crippen molar-refractivity contribution in [3.05, 3.63) is 76.8 Å². The van der Waals surface area contributed by atoms with Crippen molar-refractivity contribution in [3.8, 4) is 11.6 Å². The molecule has 0 fully saturated rings. The minimum absolute atomic E-state index is 0.133. The molecule has 0 radical (unpaired) electrons. The number of hydrogen-bond donors (Lipinski definition) is 3. The fourth-order valence-corrected chi connectivity index (χ4v) is 7.60. The van der Waals surface area contributed by atoms with Gasteiger partial charge in [-0.15, -0.1) is 5.10 Å². The van der Waals surface area contributed by atoms with E-state index in [4.69, 9.17) is 33.5 Å². The summed E-state index contributed by atoms with van der Waals surface area (Å²) >= 11 is 12.0. The highest BCUT2D eigenvalue weighted by Crippen LogP contribution is 2.50. The summed E-state index contributed by atoms with van der Waals surface area (Å²) < 4.78 is 11.5. The van der Waals surface area contributed by atoms with Crippen LogP contribution < -0.4 is 29.9 Å². The second kappa shape index (κ2) is 8.17. The van der Waals surface area contributed by atoms with E-state index in [9.17, 15) is 0 Å². The standard InChI is InChI=1S/C23H24N5O2PS2/c1-13-18-19(14-5-7-15(8-6-14)28(2)3)20-22(30-21(18)25-24-13)26-31(33,27-23(20)32)17-11-9-16(29-4)10-12-17/h5-12,19H,1-4H3,(H,24,25)(H2,26,27,32,33). The lowest BCUT2D eigenvalue weighted by atomic mass is 9.83. The van der Waals surface area contributed by atoms with Crippen LogP contribution in [-0.4, -0.2) is 36.4 Å². The Hall–Kier alpha value is -2.87. The second-order valence-electron chi connectivity index (χ2n) is 8.19. The Morgan fingerprint density at radius 2 is 1.76 bits per heavy atom. The molecule has 3 N–H and O–H groups in total. The van der Waals surface area contributed by atoms with Gasteiger partial charge in [0.15, 0.2) is 6.34 Å². The second-order valence-corrected chi connectivity index (χ2v) is 12.4. The molecule has 0 saturated heterocycles. The number of thiocarbonyl (C=S) groups is 1. The van der Waals surface area contributed by atoms with Gasteiger partial charge in [-0.25, -0.2) is 0 Å². The van der Waals surface area contributed by atoms with Gasteiger partial charge in [0.25, 0.3) is 0 Å². The van der Waals surface area contributed by atoms with Crippen molar-refractivity contribution in [1.82, 2.24) is 20.4 Å². The van der Waals surface area contributed by atoms with Crippen molar-refractivity contribution in [2.45, 2.75) is 12.8 Å². The highest BCUT2D eigenvalue weighted by molar-refractivity contribution is 8.17. The molecule has 7 nitrogen and oxygen atoms in total. The van der Waals surface area contributed by atoms with Crippen molar-refractivity contribution < 1.29 is 9.47 Å². The summed E-state index contributed by atoms with van der Waals surface area (Å²) in [6.45, 7) is 2.00. The predicted octanol–water partition coefficient (Wildman–Crippen LogP) is 3.68. The predicted molar refractivity (Wildman–Crippen MR) is 139 cm³/mol. The molecule has 2 unspecified atom stereocenters. The quantitative estimate of drug-likeness (QED) is 0.373. The smallest absolute Gasteiger partial charge is 0.244 e. The summed E-state index contributed by atoms with van der Waals surface area (Å²) in [7, 11) is 5.69. The van der Waals surface area contributed by atoms with Gasteiger partial charge in [-0.3, -0.25) is 5.10 Å². The van der Waals surface area contributed by atoms with E-state index in [0.717, 1.165) is 39.1 Å². The number of nitrogens with zero attached hydrogens (tertiary/aromatic N) is 2. The van der Waals surface area contributed by atoms with Crippen LogP contribution >= 0.6 is 18.6 Å². The molecule has 5 rings (SSSR count). The lowest BCUT2D eigenvalue weighted by Gasteiger charge is -2.38. The van der Waals surface area contributed by atoms with E-state index in [0.29, 0.717) is 16.8 Å². The number of aryl methyl sites for hydroxylation is 1. The number of fused-ring (bicyclic) bond motifs is 1. The maximum atomic E-state index is 6.23. The van der Waals surface area contributed by atoms with Crippen LogP contribution in [0, 0.1) is 6.92 Å². The molecule has 0 aliphatic carbocycles. The Balaban J connectivity index is 1.60. The van der Waals surface area contributed by atoms with Crippen LogP contribution in [0.4, 0.5) is 5.69 Å². The van der Waals surface area contributed by atoms with Crippen LogP contribution in [0.3, 0.4) is 0 Å². The van der Waals surface area contributed by atoms with E-state index >= 15 is 0 Å². The molecule has 170 valence electrons. The monoisotopic (exact) mass is 497 g/mol. The largest absolute Gasteiger partial charge is 0.497 e. The van der Waals surface area contributed by atoms with Gasteiger partial charge in [0.1, 0.15) is 10.7 Å². The maximum absolute atomic E-state index is 6.23. The fraction of sp³-hybridized carbons (Fsp3) is 0.217. The topological polar surface area (TPSA) is 74.4 Å². The van der Waals surface area contributed by atoms with Gasteiger partial charge < -0.3 is 24.5 Å². The first-order valence-electron chi connectivity index (χ1n) is 10.4. The first-order chi connectivity index (χ1) is 15.8. The van der Waals surface area contributed by atoms with Gasteiger partial charge in [0.05, 0.1) is 12.7 Å². The average molecular weight is 498 g/mol.